The molecule has 1 aliphatic heterocycles. The maximum atomic E-state index is 14.6. The molecule has 0 atom stereocenters. The Morgan fingerprint density at radius 1 is 1.08 bits per heavy atom. The highest BCUT2D eigenvalue weighted by atomic mass is 31.2. The van der Waals surface area contributed by atoms with E-state index in [0.717, 1.165) is 0 Å². The van der Waals surface area contributed by atoms with Crippen molar-refractivity contribution < 1.29 is 27.3 Å². The first-order valence-electron chi connectivity index (χ1n) is 8.11. The summed E-state index contributed by atoms with van der Waals surface area (Å²) in [5.74, 6) is -0.564. The van der Waals surface area contributed by atoms with E-state index in [4.69, 9.17) is 18.4 Å². The number of hydrogen-bond donors (Lipinski definition) is 0. The van der Waals surface area contributed by atoms with Gasteiger partial charge in [0.1, 0.15) is 5.82 Å². The second-order valence-corrected chi connectivity index (χ2v) is 8.59. The molecule has 0 aliphatic carbocycles. The minimum absolute atomic E-state index is 0.0707. The molecule has 0 aromatic heterocycles. The van der Waals surface area contributed by atoms with Crippen LogP contribution in [0.4, 0.5) is 4.39 Å². The first kappa shape index (κ1) is 19.6. The smallest absolute Gasteiger partial charge is 0.399 e. The molecule has 0 saturated carbocycles. The summed E-state index contributed by atoms with van der Waals surface area (Å²) < 4.78 is 50.4. The third-order valence-electron chi connectivity index (χ3n) is 4.41. The summed E-state index contributed by atoms with van der Waals surface area (Å²) in [4.78, 5) is 0. The maximum absolute atomic E-state index is 14.6. The van der Waals surface area contributed by atoms with E-state index < -0.39 is 31.7 Å². The average molecular weight is 358 g/mol. The molecule has 1 fully saturated rings. The van der Waals surface area contributed by atoms with Crippen molar-refractivity contribution >= 4 is 25.5 Å². The van der Waals surface area contributed by atoms with Crippen molar-refractivity contribution in [1.82, 2.24) is 0 Å². The number of halogens is 1. The molecule has 0 bridgehead atoms. The van der Waals surface area contributed by atoms with Crippen LogP contribution in [0.5, 0.6) is 0 Å². The fraction of sp³-hybridized carbons (Fsp3) is 0.625. The molecule has 1 aliphatic rings. The number of rotatable bonds is 6. The fourth-order valence-electron chi connectivity index (χ4n) is 2.47. The van der Waals surface area contributed by atoms with Gasteiger partial charge in [-0.1, -0.05) is 6.07 Å². The van der Waals surface area contributed by atoms with Crippen LogP contribution >= 0.6 is 7.60 Å². The summed E-state index contributed by atoms with van der Waals surface area (Å²) in [6.07, 6.45) is 0. The lowest BCUT2D eigenvalue weighted by Gasteiger charge is -2.32. The van der Waals surface area contributed by atoms with Crippen LogP contribution in [0.2, 0.25) is 0 Å². The van der Waals surface area contributed by atoms with E-state index in [1.807, 2.05) is 27.7 Å². The van der Waals surface area contributed by atoms with E-state index in [1.165, 1.54) is 18.2 Å². The molecule has 0 spiro atoms. The highest BCUT2D eigenvalue weighted by Crippen LogP contribution is 2.47. The van der Waals surface area contributed by atoms with E-state index in [1.54, 1.807) is 13.8 Å². The van der Waals surface area contributed by atoms with E-state index in [2.05, 4.69) is 0 Å². The van der Waals surface area contributed by atoms with Crippen LogP contribution in [0.15, 0.2) is 18.2 Å². The topological polar surface area (TPSA) is 54.0 Å². The monoisotopic (exact) mass is 358 g/mol. The summed E-state index contributed by atoms with van der Waals surface area (Å²) in [5.41, 5.74) is -1.21. The van der Waals surface area contributed by atoms with Gasteiger partial charge in [0, 0.05) is 5.46 Å². The van der Waals surface area contributed by atoms with Gasteiger partial charge in [-0.15, -0.1) is 0 Å². The van der Waals surface area contributed by atoms with Gasteiger partial charge in [-0.3, -0.25) is 4.57 Å². The summed E-state index contributed by atoms with van der Waals surface area (Å²) >= 11 is 0. The van der Waals surface area contributed by atoms with Gasteiger partial charge in [0.25, 0.3) is 0 Å². The molecule has 0 amide bonds. The van der Waals surface area contributed by atoms with Crippen LogP contribution in [0.3, 0.4) is 0 Å². The first-order valence-corrected chi connectivity index (χ1v) is 9.66. The molecular weight excluding hydrogens is 333 g/mol. The minimum Gasteiger partial charge on any atom is -0.399 e. The maximum Gasteiger partial charge on any atom is 0.498 e. The predicted molar refractivity (Wildman–Crippen MR) is 92.6 cm³/mol. The van der Waals surface area contributed by atoms with Crippen LogP contribution in [-0.4, -0.2) is 31.5 Å². The zero-order valence-electron chi connectivity index (χ0n) is 15.1. The second-order valence-electron chi connectivity index (χ2n) is 6.59. The lowest BCUT2D eigenvalue weighted by Crippen LogP contribution is -2.45. The predicted octanol–water partition coefficient (Wildman–Crippen LogP) is 3.02. The molecule has 5 nitrogen and oxygen atoms in total. The molecule has 1 heterocycles. The highest BCUT2D eigenvalue weighted by Gasteiger charge is 2.54. The first-order chi connectivity index (χ1) is 11.1. The third kappa shape index (κ3) is 3.46. The summed E-state index contributed by atoms with van der Waals surface area (Å²) in [6.45, 7) is 11.3. The van der Waals surface area contributed by atoms with E-state index >= 15 is 0 Å². The van der Waals surface area contributed by atoms with Crippen molar-refractivity contribution in [1.29, 1.82) is 0 Å². The van der Waals surface area contributed by atoms with Gasteiger partial charge < -0.3 is 18.4 Å². The zero-order valence-corrected chi connectivity index (χ0v) is 16.0. The SMILES string of the molecule is CCOP(=O)(OCC)c1cccc(F)c1B1OC(C)(C)C(C)(C)O1. The van der Waals surface area contributed by atoms with Gasteiger partial charge in [-0.2, -0.15) is 0 Å². The van der Waals surface area contributed by atoms with Gasteiger partial charge in [-0.25, -0.2) is 4.39 Å². The Morgan fingerprint density at radius 2 is 1.58 bits per heavy atom. The van der Waals surface area contributed by atoms with Crippen molar-refractivity contribution in [2.24, 2.45) is 0 Å². The van der Waals surface area contributed by atoms with Crippen molar-refractivity contribution in [3.8, 4) is 0 Å². The lowest BCUT2D eigenvalue weighted by atomic mass is 9.78. The lowest BCUT2D eigenvalue weighted by molar-refractivity contribution is 0.00578. The Kier molecular flexibility index (Phi) is 5.63. The van der Waals surface area contributed by atoms with Crippen molar-refractivity contribution in [3.05, 3.63) is 24.0 Å². The van der Waals surface area contributed by atoms with Gasteiger partial charge in [0.05, 0.1) is 29.7 Å². The van der Waals surface area contributed by atoms with E-state index in [-0.39, 0.29) is 24.0 Å². The average Bonchev–Trinajstić information content (AvgIpc) is 2.67. The number of benzene rings is 1. The molecule has 1 saturated heterocycles. The molecule has 24 heavy (non-hydrogen) atoms. The Morgan fingerprint density at radius 3 is 2.04 bits per heavy atom. The van der Waals surface area contributed by atoms with Gasteiger partial charge in [0.15, 0.2) is 0 Å². The Balaban J connectivity index is 2.54. The Hall–Kier alpha value is -0.715. The van der Waals surface area contributed by atoms with Crippen molar-refractivity contribution in [3.63, 3.8) is 0 Å². The fourth-order valence-corrected chi connectivity index (χ4v) is 4.28. The normalized spacial score (nSPS) is 19.7. The largest absolute Gasteiger partial charge is 0.498 e. The molecule has 0 unspecified atom stereocenters. The molecule has 1 aromatic rings. The minimum atomic E-state index is -3.67. The molecule has 0 N–H and O–H groups in total. The van der Waals surface area contributed by atoms with Crippen LogP contribution in [-0.2, 0) is 22.9 Å². The highest BCUT2D eigenvalue weighted by molar-refractivity contribution is 7.62. The summed E-state index contributed by atoms with van der Waals surface area (Å²) in [7, 11) is -4.66. The Bertz CT molecular complexity index is 623. The van der Waals surface area contributed by atoms with E-state index in [0.29, 0.717) is 0 Å². The molecule has 8 heteroatoms. The second kappa shape index (κ2) is 6.89. The summed E-state index contributed by atoms with van der Waals surface area (Å²) in [6, 6.07) is 4.30. The zero-order chi connectivity index (χ0) is 18.2. The van der Waals surface area contributed by atoms with Crippen LogP contribution < -0.4 is 10.8 Å². The van der Waals surface area contributed by atoms with Crippen LogP contribution in [0.1, 0.15) is 41.5 Å². The molecule has 134 valence electrons. The molecule has 2 rings (SSSR count). The van der Waals surface area contributed by atoms with Crippen LogP contribution in [0.25, 0.3) is 0 Å². The summed E-state index contributed by atoms with van der Waals surface area (Å²) in [5, 5.41) is 0.143. The quantitative estimate of drug-likeness (QED) is 0.578. The van der Waals surface area contributed by atoms with Crippen molar-refractivity contribution in [2.45, 2.75) is 52.7 Å². The standard InChI is InChI=1S/C16H25BFO5P/c1-7-20-24(19,21-8-2)13-11-9-10-12(18)14(13)17-22-15(3,4)16(5,6)23-17/h9-11H,7-8H2,1-6H3. The van der Waals surface area contributed by atoms with E-state index in [9.17, 15) is 8.96 Å². The van der Waals surface area contributed by atoms with Crippen molar-refractivity contribution in [2.75, 3.05) is 13.2 Å². The number of hydrogen-bond acceptors (Lipinski definition) is 5. The van der Waals surface area contributed by atoms with Gasteiger partial charge >= 0.3 is 14.7 Å². The van der Waals surface area contributed by atoms with Crippen LogP contribution in [0, 0.1) is 5.82 Å². The third-order valence-corrected chi connectivity index (χ3v) is 6.59. The molecular formula is C16H25BFO5P. The molecule has 0 radical (unpaired) electrons. The molecule has 1 aromatic carbocycles. The van der Waals surface area contributed by atoms with Gasteiger partial charge in [0.2, 0.25) is 0 Å². The Labute approximate surface area is 143 Å². The van der Waals surface area contributed by atoms with Gasteiger partial charge in [-0.05, 0) is 53.7 Å².